The highest BCUT2D eigenvalue weighted by Crippen LogP contribution is 2.12. The summed E-state index contributed by atoms with van der Waals surface area (Å²) in [7, 11) is 0. The first-order chi connectivity index (χ1) is 11.7. The molecule has 0 fully saturated rings. The van der Waals surface area contributed by atoms with E-state index in [-0.39, 0.29) is 4.92 Å². The highest BCUT2D eigenvalue weighted by Gasteiger charge is 2.14. The summed E-state index contributed by atoms with van der Waals surface area (Å²) in [4.78, 5) is 21.0. The van der Waals surface area contributed by atoms with Gasteiger partial charge in [-0.3, -0.25) is 14.9 Å². The fourth-order valence-electron chi connectivity index (χ4n) is 2.83. The van der Waals surface area contributed by atoms with Crippen LogP contribution in [0, 0.1) is 10.1 Å². The standard InChI is InChI=1S/C20H36NO3/c1-2-3-4-5-11-14-17-20(21(23)24)18-15-12-9-7-6-8-10-13-16-19-22/h15,18,20H,2-14,16-17H2,1H3/b18-15+. The largest absolute Gasteiger partial charge is 0.291 e. The van der Waals surface area contributed by atoms with Crippen LogP contribution in [0.4, 0.5) is 0 Å². The molecule has 0 spiro atoms. The molecule has 0 saturated heterocycles. The molecule has 0 aliphatic heterocycles. The van der Waals surface area contributed by atoms with E-state index in [2.05, 4.69) is 6.92 Å². The number of hydrogen-bond donors (Lipinski definition) is 0. The summed E-state index contributed by atoms with van der Waals surface area (Å²) in [6, 6.07) is -0.504. The third-order valence-corrected chi connectivity index (χ3v) is 4.38. The molecule has 0 saturated carbocycles. The number of unbranched alkanes of at least 4 members (excludes halogenated alkanes) is 12. The van der Waals surface area contributed by atoms with Crippen LogP contribution in [0.1, 0.15) is 103 Å². The Balaban J connectivity index is 3.62. The molecular weight excluding hydrogens is 302 g/mol. The van der Waals surface area contributed by atoms with Crippen LogP contribution in [-0.2, 0) is 4.79 Å². The van der Waals surface area contributed by atoms with Crippen molar-refractivity contribution in [3.63, 3.8) is 0 Å². The zero-order chi connectivity index (χ0) is 17.9. The van der Waals surface area contributed by atoms with Crippen LogP contribution < -0.4 is 0 Å². The van der Waals surface area contributed by atoms with Gasteiger partial charge >= 0.3 is 0 Å². The molecule has 0 bridgehead atoms. The third kappa shape index (κ3) is 15.7. The Morgan fingerprint density at radius 1 is 0.917 bits per heavy atom. The van der Waals surface area contributed by atoms with E-state index in [0.717, 1.165) is 44.9 Å². The average Bonchev–Trinajstić information content (AvgIpc) is 2.57. The SMILES string of the molecule is CCCCCCCCC(/C=C/CCCCCCCC[C]=O)[N+](=O)[O-]. The Morgan fingerprint density at radius 2 is 1.50 bits per heavy atom. The highest BCUT2D eigenvalue weighted by atomic mass is 16.6. The topological polar surface area (TPSA) is 60.2 Å². The zero-order valence-corrected chi connectivity index (χ0v) is 15.5. The van der Waals surface area contributed by atoms with E-state index in [1.165, 1.54) is 38.5 Å². The van der Waals surface area contributed by atoms with Gasteiger partial charge in [0, 0.05) is 17.8 Å². The second-order valence-electron chi connectivity index (χ2n) is 6.64. The molecule has 0 N–H and O–H groups in total. The van der Waals surface area contributed by atoms with Gasteiger partial charge in [0.25, 0.3) is 0 Å². The fraction of sp³-hybridized carbons (Fsp3) is 0.850. The number of allylic oxidation sites excluding steroid dienone is 1. The Kier molecular flexibility index (Phi) is 17.3. The first-order valence-electron chi connectivity index (χ1n) is 9.87. The fourth-order valence-corrected chi connectivity index (χ4v) is 2.83. The molecule has 0 rings (SSSR count). The van der Waals surface area contributed by atoms with Gasteiger partial charge in [0.15, 0.2) is 6.29 Å². The Bertz CT molecular complexity index is 329. The van der Waals surface area contributed by atoms with E-state index in [9.17, 15) is 14.9 Å². The summed E-state index contributed by atoms with van der Waals surface area (Å²) in [6.07, 6.45) is 21.6. The lowest BCUT2D eigenvalue weighted by atomic mass is 10.0. The second kappa shape index (κ2) is 18.2. The van der Waals surface area contributed by atoms with Gasteiger partial charge in [-0.1, -0.05) is 70.8 Å². The molecule has 4 heteroatoms. The van der Waals surface area contributed by atoms with E-state index in [4.69, 9.17) is 0 Å². The minimum absolute atomic E-state index is 0.146. The van der Waals surface area contributed by atoms with Gasteiger partial charge in [-0.05, 0) is 31.8 Å². The number of rotatable bonds is 18. The smallest absolute Gasteiger partial charge is 0.231 e. The molecule has 0 amide bonds. The van der Waals surface area contributed by atoms with Crippen molar-refractivity contribution in [1.82, 2.24) is 0 Å². The average molecular weight is 339 g/mol. The lowest BCUT2D eigenvalue weighted by molar-refractivity contribution is -0.510. The van der Waals surface area contributed by atoms with E-state index in [0.29, 0.717) is 12.8 Å². The maximum Gasteiger partial charge on any atom is 0.231 e. The van der Waals surface area contributed by atoms with Gasteiger partial charge in [-0.25, -0.2) is 0 Å². The summed E-state index contributed by atoms with van der Waals surface area (Å²) in [5.41, 5.74) is 0. The molecule has 0 heterocycles. The zero-order valence-electron chi connectivity index (χ0n) is 15.5. The Morgan fingerprint density at radius 3 is 2.12 bits per heavy atom. The number of nitrogens with zero attached hydrogens (tertiary/aromatic N) is 1. The van der Waals surface area contributed by atoms with E-state index >= 15 is 0 Å². The molecule has 0 aliphatic rings. The van der Waals surface area contributed by atoms with Gasteiger partial charge in [-0.2, -0.15) is 0 Å². The molecule has 1 unspecified atom stereocenters. The second-order valence-corrected chi connectivity index (χ2v) is 6.64. The quantitative estimate of drug-likeness (QED) is 0.130. The first-order valence-corrected chi connectivity index (χ1v) is 9.87. The summed E-state index contributed by atoms with van der Waals surface area (Å²) in [5.74, 6) is 0. The van der Waals surface area contributed by atoms with Crippen molar-refractivity contribution in [2.75, 3.05) is 0 Å². The molecule has 1 atom stereocenters. The summed E-state index contributed by atoms with van der Waals surface area (Å²) < 4.78 is 0. The predicted octanol–water partition coefficient (Wildman–Crippen LogP) is 6.17. The normalized spacial score (nSPS) is 12.5. The molecule has 0 aromatic heterocycles. The van der Waals surface area contributed by atoms with Crippen molar-refractivity contribution in [3.05, 3.63) is 22.3 Å². The molecule has 4 nitrogen and oxygen atoms in total. The molecule has 0 aromatic carbocycles. The van der Waals surface area contributed by atoms with Crippen molar-refractivity contribution >= 4 is 6.29 Å². The monoisotopic (exact) mass is 338 g/mol. The molecule has 24 heavy (non-hydrogen) atoms. The summed E-state index contributed by atoms with van der Waals surface area (Å²) >= 11 is 0. The minimum Gasteiger partial charge on any atom is -0.291 e. The highest BCUT2D eigenvalue weighted by molar-refractivity contribution is 5.50. The minimum atomic E-state index is -0.504. The van der Waals surface area contributed by atoms with E-state index in [1.54, 1.807) is 6.08 Å². The van der Waals surface area contributed by atoms with Gasteiger partial charge < -0.3 is 0 Å². The molecular formula is C20H36NO3. The van der Waals surface area contributed by atoms with Gasteiger partial charge in [0.1, 0.15) is 0 Å². The van der Waals surface area contributed by atoms with E-state index < -0.39 is 6.04 Å². The lowest BCUT2D eigenvalue weighted by Crippen LogP contribution is -2.16. The van der Waals surface area contributed by atoms with Crippen LogP contribution >= 0.6 is 0 Å². The Hall–Kier alpha value is -1.19. The van der Waals surface area contributed by atoms with Crippen LogP contribution in [-0.4, -0.2) is 17.3 Å². The van der Waals surface area contributed by atoms with Crippen molar-refractivity contribution in [2.24, 2.45) is 0 Å². The molecule has 0 aliphatic carbocycles. The number of hydrogen-bond acceptors (Lipinski definition) is 3. The predicted molar refractivity (Wildman–Crippen MR) is 101 cm³/mol. The van der Waals surface area contributed by atoms with Gasteiger partial charge in [0.2, 0.25) is 6.04 Å². The van der Waals surface area contributed by atoms with Gasteiger partial charge in [-0.15, -0.1) is 0 Å². The van der Waals surface area contributed by atoms with Crippen molar-refractivity contribution in [2.45, 2.75) is 109 Å². The molecule has 139 valence electrons. The first kappa shape index (κ1) is 22.8. The van der Waals surface area contributed by atoms with Crippen LogP contribution in [0.5, 0.6) is 0 Å². The van der Waals surface area contributed by atoms with Crippen LogP contribution in [0.2, 0.25) is 0 Å². The van der Waals surface area contributed by atoms with Crippen molar-refractivity contribution in [3.8, 4) is 0 Å². The number of carbonyl (C=O) groups excluding carboxylic acids is 1. The third-order valence-electron chi connectivity index (χ3n) is 4.38. The Labute approximate surface area is 148 Å². The van der Waals surface area contributed by atoms with E-state index in [1.807, 2.05) is 12.4 Å². The van der Waals surface area contributed by atoms with Crippen LogP contribution in [0.3, 0.4) is 0 Å². The number of nitro groups is 1. The maximum absolute atomic E-state index is 11.1. The summed E-state index contributed by atoms with van der Waals surface area (Å²) in [6.45, 7) is 2.19. The lowest BCUT2D eigenvalue weighted by Gasteiger charge is -2.05. The van der Waals surface area contributed by atoms with Gasteiger partial charge in [0.05, 0.1) is 0 Å². The van der Waals surface area contributed by atoms with Crippen molar-refractivity contribution in [1.29, 1.82) is 0 Å². The summed E-state index contributed by atoms with van der Waals surface area (Å²) in [5, 5.41) is 11.1. The maximum atomic E-state index is 11.1. The molecule has 0 aromatic rings. The van der Waals surface area contributed by atoms with Crippen molar-refractivity contribution < 1.29 is 9.72 Å². The molecule has 1 radical (unpaired) electrons. The van der Waals surface area contributed by atoms with Crippen LogP contribution in [0.25, 0.3) is 0 Å². The van der Waals surface area contributed by atoms with Crippen LogP contribution in [0.15, 0.2) is 12.2 Å².